The van der Waals surface area contributed by atoms with Crippen molar-refractivity contribution < 1.29 is 9.53 Å². The van der Waals surface area contributed by atoms with Gasteiger partial charge in [-0.3, -0.25) is 4.79 Å². The van der Waals surface area contributed by atoms with Gasteiger partial charge in [-0.1, -0.05) is 18.2 Å². The summed E-state index contributed by atoms with van der Waals surface area (Å²) >= 11 is 1.69. The average molecular weight is 260 g/mol. The second-order valence-corrected chi connectivity index (χ2v) is 5.22. The summed E-state index contributed by atoms with van der Waals surface area (Å²) in [5.74, 6) is 0.943. The van der Waals surface area contributed by atoms with E-state index in [9.17, 15) is 4.79 Å². The third kappa shape index (κ3) is 2.99. The number of aryl methyl sites for hydroxylation is 2. The number of hydrogen-bond acceptors (Lipinski definition) is 3. The smallest absolute Gasteiger partial charge is 0.163 e. The van der Waals surface area contributed by atoms with E-state index in [1.165, 1.54) is 4.88 Å². The van der Waals surface area contributed by atoms with Gasteiger partial charge in [0, 0.05) is 16.9 Å². The molecular weight excluding hydrogens is 244 g/mol. The van der Waals surface area contributed by atoms with Crippen LogP contribution in [0.4, 0.5) is 0 Å². The van der Waals surface area contributed by atoms with Crippen LogP contribution in [0, 0.1) is 6.92 Å². The largest absolute Gasteiger partial charge is 0.496 e. The summed E-state index contributed by atoms with van der Waals surface area (Å²) in [5, 5.41) is 2.04. The van der Waals surface area contributed by atoms with Crippen LogP contribution < -0.4 is 4.74 Å². The molecule has 0 unspecified atom stereocenters. The molecule has 0 atom stereocenters. The van der Waals surface area contributed by atoms with Gasteiger partial charge in [0.25, 0.3) is 0 Å². The first-order chi connectivity index (χ1) is 8.70. The van der Waals surface area contributed by atoms with Gasteiger partial charge in [-0.25, -0.2) is 0 Å². The molecule has 0 aliphatic rings. The normalized spacial score (nSPS) is 10.3. The van der Waals surface area contributed by atoms with Gasteiger partial charge in [-0.2, -0.15) is 0 Å². The van der Waals surface area contributed by atoms with Gasteiger partial charge < -0.3 is 4.74 Å². The first kappa shape index (κ1) is 12.8. The molecule has 0 aliphatic heterocycles. The third-order valence-electron chi connectivity index (χ3n) is 2.91. The molecule has 1 heterocycles. The predicted octanol–water partition coefficient (Wildman–Crippen LogP) is 3.88. The Kier molecular flexibility index (Phi) is 4.15. The molecule has 0 bridgehead atoms. The first-order valence-electron chi connectivity index (χ1n) is 5.91. The molecule has 0 saturated carbocycles. The second-order valence-electron chi connectivity index (χ2n) is 4.19. The minimum Gasteiger partial charge on any atom is -0.496 e. The Morgan fingerprint density at radius 2 is 2.17 bits per heavy atom. The SMILES string of the molecule is COc1cc(C(=O)CCc2cccs2)ccc1C. The fraction of sp³-hybridized carbons (Fsp3) is 0.267. The number of ether oxygens (including phenoxy) is 1. The van der Waals surface area contributed by atoms with Gasteiger partial charge in [0.15, 0.2) is 5.78 Å². The molecule has 18 heavy (non-hydrogen) atoms. The van der Waals surface area contributed by atoms with E-state index < -0.39 is 0 Å². The summed E-state index contributed by atoms with van der Waals surface area (Å²) in [7, 11) is 1.63. The lowest BCUT2D eigenvalue weighted by Crippen LogP contribution is -2.01. The fourth-order valence-electron chi connectivity index (χ4n) is 1.83. The highest BCUT2D eigenvalue weighted by Gasteiger charge is 2.09. The molecule has 0 amide bonds. The quantitative estimate of drug-likeness (QED) is 0.763. The van der Waals surface area contributed by atoms with E-state index in [1.807, 2.05) is 36.6 Å². The summed E-state index contributed by atoms with van der Waals surface area (Å²) in [6.07, 6.45) is 1.36. The van der Waals surface area contributed by atoms with Gasteiger partial charge in [0.2, 0.25) is 0 Å². The van der Waals surface area contributed by atoms with Crippen LogP contribution in [-0.2, 0) is 6.42 Å². The first-order valence-corrected chi connectivity index (χ1v) is 6.79. The van der Waals surface area contributed by atoms with Crippen molar-refractivity contribution in [1.82, 2.24) is 0 Å². The number of benzene rings is 1. The molecule has 0 aliphatic carbocycles. The van der Waals surface area contributed by atoms with Gasteiger partial charge in [0.1, 0.15) is 5.75 Å². The van der Waals surface area contributed by atoms with E-state index in [0.29, 0.717) is 6.42 Å². The zero-order valence-corrected chi connectivity index (χ0v) is 11.4. The fourth-order valence-corrected chi connectivity index (χ4v) is 2.54. The highest BCUT2D eigenvalue weighted by atomic mass is 32.1. The molecule has 0 spiro atoms. The predicted molar refractivity (Wildman–Crippen MR) is 74.7 cm³/mol. The maximum absolute atomic E-state index is 12.1. The van der Waals surface area contributed by atoms with Crippen molar-refractivity contribution in [2.75, 3.05) is 7.11 Å². The van der Waals surface area contributed by atoms with Crippen molar-refractivity contribution in [1.29, 1.82) is 0 Å². The minimum absolute atomic E-state index is 0.168. The lowest BCUT2D eigenvalue weighted by Gasteiger charge is -2.06. The van der Waals surface area contributed by atoms with Crippen LogP contribution in [0.3, 0.4) is 0 Å². The number of methoxy groups -OCH3 is 1. The molecule has 0 N–H and O–H groups in total. The Bertz CT molecular complexity index is 529. The number of hydrogen-bond donors (Lipinski definition) is 0. The standard InChI is InChI=1S/C15H16O2S/c1-11-5-6-12(10-15(11)17-2)14(16)8-7-13-4-3-9-18-13/h3-6,9-10H,7-8H2,1-2H3. The third-order valence-corrected chi connectivity index (χ3v) is 3.84. The molecule has 94 valence electrons. The van der Waals surface area contributed by atoms with E-state index in [4.69, 9.17) is 4.74 Å². The van der Waals surface area contributed by atoms with Crippen molar-refractivity contribution in [3.8, 4) is 5.75 Å². The van der Waals surface area contributed by atoms with Crippen molar-refractivity contribution >= 4 is 17.1 Å². The second kappa shape index (κ2) is 5.83. The number of ketones is 1. The minimum atomic E-state index is 0.168. The molecule has 0 fully saturated rings. The van der Waals surface area contributed by atoms with Crippen LogP contribution in [-0.4, -0.2) is 12.9 Å². The summed E-state index contributed by atoms with van der Waals surface area (Å²) in [6.45, 7) is 1.97. The van der Waals surface area contributed by atoms with Crippen molar-refractivity contribution in [2.24, 2.45) is 0 Å². The molecule has 2 aromatic rings. The zero-order chi connectivity index (χ0) is 13.0. The van der Waals surface area contributed by atoms with Crippen LogP contribution in [0.5, 0.6) is 5.75 Å². The van der Waals surface area contributed by atoms with Gasteiger partial charge in [-0.15, -0.1) is 11.3 Å². The van der Waals surface area contributed by atoms with E-state index in [-0.39, 0.29) is 5.78 Å². The highest BCUT2D eigenvalue weighted by molar-refractivity contribution is 7.09. The summed E-state index contributed by atoms with van der Waals surface area (Å²) < 4.78 is 5.24. The number of Topliss-reactive ketones (excluding diaryl/α,β-unsaturated/α-hetero) is 1. The molecule has 1 aromatic heterocycles. The Balaban J connectivity index is 2.04. The van der Waals surface area contributed by atoms with E-state index in [2.05, 4.69) is 6.07 Å². The summed E-state index contributed by atoms with van der Waals surface area (Å²) in [4.78, 5) is 13.3. The summed E-state index contributed by atoms with van der Waals surface area (Å²) in [5.41, 5.74) is 1.78. The molecular formula is C15H16O2S. The van der Waals surface area contributed by atoms with Crippen LogP contribution in [0.1, 0.15) is 27.2 Å². The highest BCUT2D eigenvalue weighted by Crippen LogP contribution is 2.20. The molecule has 2 rings (SSSR count). The van der Waals surface area contributed by atoms with E-state index >= 15 is 0 Å². The van der Waals surface area contributed by atoms with Crippen LogP contribution in [0.25, 0.3) is 0 Å². The number of rotatable bonds is 5. The number of thiophene rings is 1. The maximum atomic E-state index is 12.1. The maximum Gasteiger partial charge on any atom is 0.163 e. The Morgan fingerprint density at radius 1 is 1.33 bits per heavy atom. The van der Waals surface area contributed by atoms with Crippen LogP contribution in [0.15, 0.2) is 35.7 Å². The monoisotopic (exact) mass is 260 g/mol. The zero-order valence-electron chi connectivity index (χ0n) is 10.6. The molecule has 0 saturated heterocycles. The van der Waals surface area contributed by atoms with Gasteiger partial charge >= 0.3 is 0 Å². The van der Waals surface area contributed by atoms with Gasteiger partial charge in [0.05, 0.1) is 7.11 Å². The van der Waals surface area contributed by atoms with Crippen molar-refractivity contribution in [3.63, 3.8) is 0 Å². The average Bonchev–Trinajstić information content (AvgIpc) is 2.89. The van der Waals surface area contributed by atoms with Crippen LogP contribution >= 0.6 is 11.3 Å². The number of carbonyl (C=O) groups is 1. The Morgan fingerprint density at radius 3 is 2.83 bits per heavy atom. The Hall–Kier alpha value is -1.61. The molecule has 2 nitrogen and oxygen atoms in total. The molecule has 1 aromatic carbocycles. The van der Waals surface area contributed by atoms with Crippen molar-refractivity contribution in [2.45, 2.75) is 19.8 Å². The lowest BCUT2D eigenvalue weighted by atomic mass is 10.0. The summed E-state index contributed by atoms with van der Waals surface area (Å²) in [6, 6.07) is 9.70. The van der Waals surface area contributed by atoms with E-state index in [1.54, 1.807) is 18.4 Å². The Labute approximate surface area is 111 Å². The van der Waals surface area contributed by atoms with Crippen molar-refractivity contribution in [3.05, 3.63) is 51.7 Å². The van der Waals surface area contributed by atoms with E-state index in [0.717, 1.165) is 23.3 Å². The van der Waals surface area contributed by atoms with Crippen LogP contribution in [0.2, 0.25) is 0 Å². The molecule has 0 radical (unpaired) electrons. The topological polar surface area (TPSA) is 26.3 Å². The lowest BCUT2D eigenvalue weighted by molar-refractivity contribution is 0.0983. The number of carbonyl (C=O) groups excluding carboxylic acids is 1. The molecule has 3 heteroatoms. The van der Waals surface area contributed by atoms with Gasteiger partial charge in [-0.05, 0) is 36.4 Å².